The van der Waals surface area contributed by atoms with Crippen molar-refractivity contribution >= 4 is 17.5 Å². The average Bonchev–Trinajstić information content (AvgIpc) is 2.90. The molecule has 1 atom stereocenters. The standard InChI is InChI=1S/C18H21ClN4O/c19-14-6-7-17(22-12-14)18(24)23(13-15-4-1-2-10-21-15)16-5-3-9-20-11-8-16/h1-2,4,6-7,10,12,16,20H,3,5,8-9,11,13H2/t16-/m0/s1. The van der Waals surface area contributed by atoms with Gasteiger partial charge in [-0.05, 0) is 56.6 Å². The third-order valence-corrected chi connectivity index (χ3v) is 4.48. The molecule has 1 aliphatic heterocycles. The van der Waals surface area contributed by atoms with E-state index in [4.69, 9.17) is 11.6 Å². The molecule has 1 fully saturated rings. The molecule has 1 N–H and O–H groups in total. The van der Waals surface area contributed by atoms with Crippen LogP contribution in [0, 0.1) is 0 Å². The number of carbonyl (C=O) groups is 1. The Kier molecular flexibility index (Phi) is 5.77. The first-order valence-corrected chi connectivity index (χ1v) is 8.65. The lowest BCUT2D eigenvalue weighted by Crippen LogP contribution is -2.41. The zero-order chi connectivity index (χ0) is 16.8. The van der Waals surface area contributed by atoms with E-state index in [1.165, 1.54) is 6.20 Å². The Balaban J connectivity index is 1.85. The number of nitrogens with zero attached hydrogens (tertiary/aromatic N) is 3. The number of amides is 1. The van der Waals surface area contributed by atoms with Crippen LogP contribution in [0.2, 0.25) is 5.02 Å². The van der Waals surface area contributed by atoms with Crippen LogP contribution in [0.3, 0.4) is 0 Å². The zero-order valence-corrected chi connectivity index (χ0v) is 14.2. The van der Waals surface area contributed by atoms with E-state index in [0.717, 1.165) is 38.0 Å². The molecular weight excluding hydrogens is 324 g/mol. The van der Waals surface area contributed by atoms with Crippen molar-refractivity contribution in [3.8, 4) is 0 Å². The minimum Gasteiger partial charge on any atom is -0.328 e. The van der Waals surface area contributed by atoms with Gasteiger partial charge >= 0.3 is 0 Å². The van der Waals surface area contributed by atoms with Crippen LogP contribution in [0.4, 0.5) is 0 Å². The van der Waals surface area contributed by atoms with Gasteiger partial charge in [0.25, 0.3) is 5.91 Å². The normalized spacial score (nSPS) is 18.0. The first-order chi connectivity index (χ1) is 11.7. The minimum absolute atomic E-state index is 0.0655. The highest BCUT2D eigenvalue weighted by atomic mass is 35.5. The fraction of sp³-hybridized carbons (Fsp3) is 0.389. The summed E-state index contributed by atoms with van der Waals surface area (Å²) in [5.74, 6) is -0.0655. The molecule has 0 aliphatic carbocycles. The second-order valence-electron chi connectivity index (χ2n) is 5.95. The minimum atomic E-state index is -0.0655. The Bertz CT molecular complexity index is 654. The maximum absolute atomic E-state index is 13.0. The van der Waals surface area contributed by atoms with Crippen molar-refractivity contribution in [2.75, 3.05) is 13.1 Å². The predicted molar refractivity (Wildman–Crippen MR) is 93.9 cm³/mol. The summed E-state index contributed by atoms with van der Waals surface area (Å²) >= 11 is 5.89. The molecule has 0 spiro atoms. The monoisotopic (exact) mass is 344 g/mol. The molecule has 2 aromatic rings. The zero-order valence-electron chi connectivity index (χ0n) is 13.5. The number of nitrogens with one attached hydrogen (secondary N) is 1. The van der Waals surface area contributed by atoms with Gasteiger partial charge in [-0.25, -0.2) is 4.98 Å². The largest absolute Gasteiger partial charge is 0.328 e. The van der Waals surface area contributed by atoms with Crippen LogP contribution in [0.25, 0.3) is 0 Å². The number of carbonyl (C=O) groups excluding carboxylic acids is 1. The summed E-state index contributed by atoms with van der Waals surface area (Å²) in [5.41, 5.74) is 1.31. The lowest BCUT2D eigenvalue weighted by Gasteiger charge is -2.30. The molecule has 1 aliphatic rings. The van der Waals surface area contributed by atoms with Crippen LogP contribution >= 0.6 is 11.6 Å². The fourth-order valence-corrected chi connectivity index (χ4v) is 3.11. The first kappa shape index (κ1) is 16.9. The summed E-state index contributed by atoms with van der Waals surface area (Å²) in [6, 6.07) is 9.35. The Morgan fingerprint density at radius 2 is 2.12 bits per heavy atom. The molecule has 0 unspecified atom stereocenters. The molecule has 0 saturated carbocycles. The van der Waals surface area contributed by atoms with Gasteiger partial charge in [-0.2, -0.15) is 0 Å². The van der Waals surface area contributed by atoms with Crippen molar-refractivity contribution in [2.45, 2.75) is 31.8 Å². The van der Waals surface area contributed by atoms with Crippen LogP contribution < -0.4 is 5.32 Å². The Morgan fingerprint density at radius 3 is 2.88 bits per heavy atom. The summed E-state index contributed by atoms with van der Waals surface area (Å²) in [5, 5.41) is 3.92. The molecular formula is C18H21ClN4O. The van der Waals surface area contributed by atoms with Crippen molar-refractivity contribution < 1.29 is 4.79 Å². The molecule has 0 radical (unpaired) electrons. The number of aromatic nitrogens is 2. The number of pyridine rings is 2. The Labute approximate surface area is 147 Å². The third-order valence-electron chi connectivity index (χ3n) is 4.25. The number of hydrogen-bond donors (Lipinski definition) is 1. The summed E-state index contributed by atoms with van der Waals surface area (Å²) in [6.45, 7) is 2.42. The highest BCUT2D eigenvalue weighted by Crippen LogP contribution is 2.19. The van der Waals surface area contributed by atoms with Gasteiger partial charge in [0.05, 0.1) is 17.3 Å². The smallest absolute Gasteiger partial charge is 0.273 e. The quantitative estimate of drug-likeness (QED) is 0.926. The van der Waals surface area contributed by atoms with E-state index >= 15 is 0 Å². The van der Waals surface area contributed by atoms with Crippen molar-refractivity contribution in [1.82, 2.24) is 20.2 Å². The van der Waals surface area contributed by atoms with Gasteiger partial charge in [-0.1, -0.05) is 17.7 Å². The molecule has 126 valence electrons. The van der Waals surface area contributed by atoms with Gasteiger partial charge in [0.15, 0.2) is 0 Å². The van der Waals surface area contributed by atoms with Crippen LogP contribution in [0.15, 0.2) is 42.7 Å². The summed E-state index contributed by atoms with van der Waals surface area (Å²) in [4.78, 5) is 23.5. The second-order valence-corrected chi connectivity index (χ2v) is 6.39. The summed E-state index contributed by atoms with van der Waals surface area (Å²) < 4.78 is 0. The van der Waals surface area contributed by atoms with E-state index < -0.39 is 0 Å². The van der Waals surface area contributed by atoms with E-state index in [0.29, 0.717) is 17.3 Å². The van der Waals surface area contributed by atoms with E-state index in [9.17, 15) is 4.79 Å². The van der Waals surface area contributed by atoms with Gasteiger partial charge in [-0.15, -0.1) is 0 Å². The summed E-state index contributed by atoms with van der Waals surface area (Å²) in [7, 11) is 0. The van der Waals surface area contributed by atoms with Crippen molar-refractivity contribution in [1.29, 1.82) is 0 Å². The first-order valence-electron chi connectivity index (χ1n) is 8.27. The predicted octanol–water partition coefficient (Wildman–Crippen LogP) is 2.91. The molecule has 0 bridgehead atoms. The van der Waals surface area contributed by atoms with Crippen molar-refractivity contribution in [3.63, 3.8) is 0 Å². The van der Waals surface area contributed by atoms with Crippen LogP contribution in [0.5, 0.6) is 0 Å². The van der Waals surface area contributed by atoms with E-state index in [1.54, 1.807) is 18.3 Å². The van der Waals surface area contributed by atoms with Crippen LogP contribution in [-0.4, -0.2) is 39.9 Å². The van der Waals surface area contributed by atoms with Crippen molar-refractivity contribution in [2.24, 2.45) is 0 Å². The Morgan fingerprint density at radius 1 is 1.21 bits per heavy atom. The number of halogens is 1. The van der Waals surface area contributed by atoms with Gasteiger partial charge in [0.1, 0.15) is 5.69 Å². The van der Waals surface area contributed by atoms with Crippen LogP contribution in [0.1, 0.15) is 35.4 Å². The number of rotatable bonds is 4. The van der Waals surface area contributed by atoms with Gasteiger partial charge in [-0.3, -0.25) is 9.78 Å². The SMILES string of the molecule is O=C(c1ccc(Cl)cn1)N(Cc1ccccn1)[C@H]1CCCNCC1. The molecule has 5 nitrogen and oxygen atoms in total. The molecule has 1 saturated heterocycles. The lowest BCUT2D eigenvalue weighted by atomic mass is 10.1. The highest BCUT2D eigenvalue weighted by molar-refractivity contribution is 6.30. The van der Waals surface area contributed by atoms with Crippen molar-refractivity contribution in [3.05, 3.63) is 59.1 Å². The third kappa shape index (κ3) is 4.30. The molecule has 6 heteroatoms. The molecule has 0 aromatic carbocycles. The summed E-state index contributed by atoms with van der Waals surface area (Å²) in [6.07, 6.45) is 6.26. The van der Waals surface area contributed by atoms with E-state index in [1.807, 2.05) is 23.1 Å². The van der Waals surface area contributed by atoms with Gasteiger partial charge in [0.2, 0.25) is 0 Å². The topological polar surface area (TPSA) is 58.1 Å². The van der Waals surface area contributed by atoms with Gasteiger partial charge in [0, 0.05) is 18.4 Å². The maximum atomic E-state index is 13.0. The average molecular weight is 345 g/mol. The second kappa shape index (κ2) is 8.22. The molecule has 24 heavy (non-hydrogen) atoms. The molecule has 3 heterocycles. The molecule has 2 aromatic heterocycles. The number of hydrogen-bond acceptors (Lipinski definition) is 4. The Hall–Kier alpha value is -1.98. The highest BCUT2D eigenvalue weighted by Gasteiger charge is 2.26. The van der Waals surface area contributed by atoms with E-state index in [2.05, 4.69) is 15.3 Å². The maximum Gasteiger partial charge on any atom is 0.273 e. The van der Waals surface area contributed by atoms with Gasteiger partial charge < -0.3 is 10.2 Å². The molecule has 3 rings (SSSR count). The lowest BCUT2D eigenvalue weighted by molar-refractivity contribution is 0.0636. The fourth-order valence-electron chi connectivity index (χ4n) is 2.99. The van der Waals surface area contributed by atoms with E-state index in [-0.39, 0.29) is 11.9 Å². The molecule has 1 amide bonds. The van der Waals surface area contributed by atoms with Crippen LogP contribution in [-0.2, 0) is 6.54 Å².